The molecule has 43 heavy (non-hydrogen) atoms. The van der Waals surface area contributed by atoms with Gasteiger partial charge in [0.1, 0.15) is 12.4 Å². The summed E-state index contributed by atoms with van der Waals surface area (Å²) < 4.78 is 11.2. The maximum Gasteiger partial charge on any atom is 0.338 e. The van der Waals surface area contributed by atoms with Crippen molar-refractivity contribution < 1.29 is 23.9 Å². The molecule has 3 heterocycles. The lowest BCUT2D eigenvalue weighted by molar-refractivity contribution is 0.0601. The van der Waals surface area contributed by atoms with E-state index in [0.717, 1.165) is 26.9 Å². The molecule has 0 saturated heterocycles. The summed E-state index contributed by atoms with van der Waals surface area (Å²) in [7, 11) is 1.28. The van der Waals surface area contributed by atoms with Crippen LogP contribution in [-0.4, -0.2) is 36.4 Å². The van der Waals surface area contributed by atoms with E-state index in [-0.39, 0.29) is 17.4 Å². The normalized spacial score (nSPS) is 11.9. The first-order valence-corrected chi connectivity index (χ1v) is 15.0. The van der Waals surface area contributed by atoms with Crippen molar-refractivity contribution in [3.8, 4) is 27.3 Å². The minimum absolute atomic E-state index is 0.146. The van der Waals surface area contributed by atoms with Gasteiger partial charge in [-0.25, -0.2) is 4.79 Å². The standard InChI is InChI=1S/C33H28ClN3O5S/c1-17(2)15-36-31(38)18-4-5-20(24(12-18)33(40)41-3)22-14-28-25(30-19(16-42-28)9-11-43-30)13-23(22)32(39)37-27-7-6-26-21(29(27)34)8-10-35-26/h4-14,17,35H,15-16H2,1-3H3,(H,36,38)(H,37,39). The number of esters is 1. The summed E-state index contributed by atoms with van der Waals surface area (Å²) in [4.78, 5) is 44.1. The highest BCUT2D eigenvalue weighted by Gasteiger charge is 2.27. The van der Waals surface area contributed by atoms with Gasteiger partial charge in [-0.05, 0) is 71.0 Å². The number of nitrogens with one attached hydrogen (secondary N) is 3. The van der Waals surface area contributed by atoms with E-state index in [1.54, 1.807) is 47.9 Å². The molecule has 2 aromatic heterocycles. The van der Waals surface area contributed by atoms with Gasteiger partial charge in [0.15, 0.2) is 0 Å². The molecule has 5 aromatic rings. The van der Waals surface area contributed by atoms with E-state index in [0.29, 0.717) is 51.9 Å². The minimum Gasteiger partial charge on any atom is -0.488 e. The molecular weight excluding hydrogens is 586 g/mol. The number of aromatic amines is 1. The topological polar surface area (TPSA) is 110 Å². The van der Waals surface area contributed by atoms with Gasteiger partial charge < -0.3 is 25.1 Å². The van der Waals surface area contributed by atoms with Gasteiger partial charge in [0.2, 0.25) is 0 Å². The third-order valence-electron chi connectivity index (χ3n) is 7.30. The summed E-state index contributed by atoms with van der Waals surface area (Å²) in [6.45, 7) is 4.87. The van der Waals surface area contributed by atoms with E-state index in [9.17, 15) is 14.4 Å². The van der Waals surface area contributed by atoms with Crippen LogP contribution in [0.4, 0.5) is 5.69 Å². The van der Waals surface area contributed by atoms with Crippen molar-refractivity contribution in [3.63, 3.8) is 0 Å². The quantitative estimate of drug-likeness (QED) is 0.164. The number of H-pyrrole nitrogens is 1. The lowest BCUT2D eigenvalue weighted by Gasteiger charge is -2.22. The van der Waals surface area contributed by atoms with Crippen LogP contribution in [0.1, 0.15) is 50.5 Å². The van der Waals surface area contributed by atoms with Crippen molar-refractivity contribution in [1.82, 2.24) is 10.3 Å². The molecule has 1 aliphatic heterocycles. The number of halogens is 1. The second kappa shape index (κ2) is 11.6. The molecule has 1 aliphatic rings. The molecule has 0 atom stereocenters. The van der Waals surface area contributed by atoms with E-state index in [1.165, 1.54) is 13.2 Å². The molecule has 218 valence electrons. The number of thiophene rings is 1. The van der Waals surface area contributed by atoms with Crippen LogP contribution in [0, 0.1) is 5.92 Å². The average molecular weight is 614 g/mol. The number of anilines is 1. The molecule has 0 radical (unpaired) electrons. The Balaban J connectivity index is 1.49. The molecule has 6 rings (SSSR count). The van der Waals surface area contributed by atoms with Gasteiger partial charge in [0.25, 0.3) is 11.8 Å². The van der Waals surface area contributed by atoms with Crippen molar-refractivity contribution >= 4 is 57.3 Å². The third kappa shape index (κ3) is 5.37. The van der Waals surface area contributed by atoms with Gasteiger partial charge in [0.05, 0.1) is 23.4 Å². The van der Waals surface area contributed by atoms with E-state index in [2.05, 4.69) is 15.6 Å². The number of benzene rings is 3. The highest BCUT2D eigenvalue weighted by atomic mass is 35.5. The fraction of sp³-hybridized carbons (Fsp3) is 0.182. The number of methoxy groups -OCH3 is 1. The zero-order valence-corrected chi connectivity index (χ0v) is 25.2. The molecule has 10 heteroatoms. The first kappa shape index (κ1) is 28.5. The fourth-order valence-electron chi connectivity index (χ4n) is 5.11. The van der Waals surface area contributed by atoms with Gasteiger partial charge in [-0.3, -0.25) is 9.59 Å². The molecular formula is C33H28ClN3O5S. The van der Waals surface area contributed by atoms with Crippen LogP contribution in [0.3, 0.4) is 0 Å². The van der Waals surface area contributed by atoms with Gasteiger partial charge in [-0.2, -0.15) is 0 Å². The van der Waals surface area contributed by atoms with Crippen LogP contribution in [0.15, 0.2) is 66.2 Å². The molecule has 2 amide bonds. The van der Waals surface area contributed by atoms with Gasteiger partial charge in [-0.15, -0.1) is 11.3 Å². The van der Waals surface area contributed by atoms with E-state index in [1.807, 2.05) is 37.4 Å². The van der Waals surface area contributed by atoms with Crippen LogP contribution < -0.4 is 15.4 Å². The maximum absolute atomic E-state index is 14.1. The van der Waals surface area contributed by atoms with E-state index >= 15 is 0 Å². The molecule has 0 fully saturated rings. The van der Waals surface area contributed by atoms with Crippen LogP contribution in [-0.2, 0) is 11.3 Å². The van der Waals surface area contributed by atoms with Crippen molar-refractivity contribution in [2.45, 2.75) is 20.5 Å². The summed E-state index contributed by atoms with van der Waals surface area (Å²) in [5, 5.41) is 9.01. The zero-order chi connectivity index (χ0) is 30.2. The third-order valence-corrected chi connectivity index (χ3v) is 8.70. The number of carbonyl (C=O) groups is 3. The summed E-state index contributed by atoms with van der Waals surface area (Å²) in [5.41, 5.74) is 4.73. The molecule has 0 saturated carbocycles. The fourth-order valence-corrected chi connectivity index (χ4v) is 6.32. The van der Waals surface area contributed by atoms with Gasteiger partial charge in [-0.1, -0.05) is 31.5 Å². The number of carbonyl (C=O) groups excluding carboxylic acids is 3. The van der Waals surface area contributed by atoms with Gasteiger partial charge in [0, 0.05) is 50.8 Å². The molecule has 0 aliphatic carbocycles. The predicted molar refractivity (Wildman–Crippen MR) is 169 cm³/mol. The van der Waals surface area contributed by atoms with Crippen LogP contribution >= 0.6 is 22.9 Å². The second-order valence-electron chi connectivity index (χ2n) is 10.6. The Hall–Kier alpha value is -4.60. The minimum atomic E-state index is -0.639. The lowest BCUT2D eigenvalue weighted by Crippen LogP contribution is -2.27. The second-order valence-corrected chi connectivity index (χ2v) is 11.9. The predicted octanol–water partition coefficient (Wildman–Crippen LogP) is 7.53. The largest absolute Gasteiger partial charge is 0.488 e. The molecule has 8 nitrogen and oxygen atoms in total. The monoisotopic (exact) mass is 613 g/mol. The smallest absolute Gasteiger partial charge is 0.338 e. The van der Waals surface area contributed by atoms with Crippen molar-refractivity contribution in [2.24, 2.45) is 5.92 Å². The summed E-state index contributed by atoms with van der Waals surface area (Å²) in [6.07, 6.45) is 1.78. The Kier molecular flexibility index (Phi) is 7.68. The summed E-state index contributed by atoms with van der Waals surface area (Å²) >= 11 is 8.23. The molecule has 0 bridgehead atoms. The Morgan fingerprint density at radius 1 is 1.00 bits per heavy atom. The number of fused-ring (bicyclic) bond motifs is 4. The van der Waals surface area contributed by atoms with Crippen LogP contribution in [0.25, 0.3) is 32.5 Å². The zero-order valence-electron chi connectivity index (χ0n) is 23.7. The molecule has 3 N–H and O–H groups in total. The van der Waals surface area contributed by atoms with Crippen molar-refractivity contribution in [2.75, 3.05) is 19.0 Å². The number of ether oxygens (including phenoxy) is 2. The van der Waals surface area contributed by atoms with E-state index in [4.69, 9.17) is 21.1 Å². The molecule has 0 spiro atoms. The number of amides is 2. The van der Waals surface area contributed by atoms with E-state index < -0.39 is 11.9 Å². The Morgan fingerprint density at radius 2 is 1.84 bits per heavy atom. The number of hydrogen-bond acceptors (Lipinski definition) is 6. The Labute approximate surface area is 257 Å². The highest BCUT2D eigenvalue weighted by Crippen LogP contribution is 2.45. The Morgan fingerprint density at radius 3 is 2.63 bits per heavy atom. The van der Waals surface area contributed by atoms with Gasteiger partial charge >= 0.3 is 5.97 Å². The number of hydrogen-bond donors (Lipinski definition) is 3. The number of aromatic nitrogens is 1. The molecule has 3 aromatic carbocycles. The lowest BCUT2D eigenvalue weighted by atomic mass is 9.90. The van der Waals surface area contributed by atoms with Crippen LogP contribution in [0.5, 0.6) is 5.75 Å². The maximum atomic E-state index is 14.1. The van der Waals surface area contributed by atoms with Crippen molar-refractivity contribution in [1.29, 1.82) is 0 Å². The SMILES string of the molecule is COC(=O)c1cc(C(=O)NCC(C)C)ccc1-c1cc2c(cc1C(=O)Nc1ccc3[nH]ccc3c1Cl)-c1sccc1CO2. The molecule has 0 unspecified atom stereocenters. The van der Waals surface area contributed by atoms with Crippen molar-refractivity contribution in [3.05, 3.63) is 93.5 Å². The first-order chi connectivity index (χ1) is 20.7. The first-order valence-electron chi connectivity index (χ1n) is 13.7. The Bertz CT molecular complexity index is 1910. The number of rotatable bonds is 7. The van der Waals surface area contributed by atoms with Crippen LogP contribution in [0.2, 0.25) is 5.02 Å². The summed E-state index contributed by atoms with van der Waals surface area (Å²) in [6, 6.07) is 15.8. The average Bonchev–Trinajstić information content (AvgIpc) is 3.70. The highest BCUT2D eigenvalue weighted by molar-refractivity contribution is 7.13. The summed E-state index contributed by atoms with van der Waals surface area (Å²) in [5.74, 6) is -0.525.